The second kappa shape index (κ2) is 7.87. The van der Waals surface area contributed by atoms with Gasteiger partial charge < -0.3 is 0 Å². The van der Waals surface area contributed by atoms with Gasteiger partial charge in [-0.3, -0.25) is 4.90 Å². The minimum atomic E-state index is -3.49. The smallest absolute Gasteiger partial charge is 0.215 e. The average Bonchev–Trinajstić information content (AvgIpc) is 2.49. The van der Waals surface area contributed by atoms with Gasteiger partial charge in [0.2, 0.25) is 20.0 Å². The van der Waals surface area contributed by atoms with E-state index < -0.39 is 25.9 Å². The maximum atomic E-state index is 12.8. The monoisotopic (exact) mass is 379 g/mol. The van der Waals surface area contributed by atoms with Crippen molar-refractivity contribution in [3.63, 3.8) is 0 Å². The van der Waals surface area contributed by atoms with E-state index in [0.717, 1.165) is 0 Å². The van der Waals surface area contributed by atoms with Crippen molar-refractivity contribution < 1.29 is 21.2 Å². The van der Waals surface area contributed by atoms with Gasteiger partial charge in [0.25, 0.3) is 0 Å². The van der Waals surface area contributed by atoms with Crippen LogP contribution in [0.15, 0.2) is 24.3 Å². The summed E-state index contributed by atoms with van der Waals surface area (Å²) in [6.45, 7) is 2.75. The number of benzene rings is 1. The molecule has 1 aliphatic rings. The van der Waals surface area contributed by atoms with Crippen molar-refractivity contribution in [2.24, 2.45) is 0 Å². The highest BCUT2D eigenvalue weighted by Crippen LogP contribution is 2.07. The molecule has 7 nitrogen and oxygen atoms in total. The molecule has 1 fully saturated rings. The molecule has 1 aromatic rings. The van der Waals surface area contributed by atoms with Gasteiger partial charge in [0.15, 0.2) is 0 Å². The number of nitrogens with one attached hydrogen (secondary N) is 1. The first-order valence-electron chi connectivity index (χ1n) is 7.55. The second-order valence-electron chi connectivity index (χ2n) is 5.78. The van der Waals surface area contributed by atoms with E-state index in [2.05, 4.69) is 4.72 Å². The van der Waals surface area contributed by atoms with Crippen molar-refractivity contribution in [3.05, 3.63) is 35.6 Å². The van der Waals surface area contributed by atoms with Crippen LogP contribution in [-0.2, 0) is 25.8 Å². The Hall–Kier alpha value is -1.07. The van der Waals surface area contributed by atoms with E-state index in [9.17, 15) is 21.2 Å². The van der Waals surface area contributed by atoms with Gasteiger partial charge in [0.05, 0.1) is 12.0 Å². The van der Waals surface area contributed by atoms with Crippen LogP contribution in [0, 0.1) is 5.82 Å². The lowest BCUT2D eigenvalue weighted by atomic mass is 10.2. The highest BCUT2D eigenvalue weighted by atomic mass is 32.2. The van der Waals surface area contributed by atoms with Crippen molar-refractivity contribution in [2.45, 2.75) is 5.75 Å². The highest BCUT2D eigenvalue weighted by molar-refractivity contribution is 7.88. The fourth-order valence-corrected chi connectivity index (χ4v) is 4.46. The molecule has 1 saturated heterocycles. The van der Waals surface area contributed by atoms with Gasteiger partial charge in [0.1, 0.15) is 5.82 Å². The first-order valence-corrected chi connectivity index (χ1v) is 11.0. The summed E-state index contributed by atoms with van der Waals surface area (Å²) >= 11 is 0. The second-order valence-corrected chi connectivity index (χ2v) is 9.57. The fourth-order valence-electron chi connectivity index (χ4n) is 2.50. The summed E-state index contributed by atoms with van der Waals surface area (Å²) < 4.78 is 63.6. The predicted molar refractivity (Wildman–Crippen MR) is 89.9 cm³/mol. The van der Waals surface area contributed by atoms with Crippen LogP contribution >= 0.6 is 0 Å². The van der Waals surface area contributed by atoms with Crippen molar-refractivity contribution in [3.8, 4) is 0 Å². The first-order chi connectivity index (χ1) is 11.2. The van der Waals surface area contributed by atoms with Gasteiger partial charge in [-0.2, -0.15) is 4.31 Å². The summed E-state index contributed by atoms with van der Waals surface area (Å²) in [7, 11) is -6.65. The molecule has 2 rings (SSSR count). The Morgan fingerprint density at radius 3 is 2.17 bits per heavy atom. The SMILES string of the molecule is CS(=O)(=O)N1CCN(CCNS(=O)(=O)Cc2ccc(F)cc2)CC1. The maximum Gasteiger partial charge on any atom is 0.215 e. The third-order valence-electron chi connectivity index (χ3n) is 3.82. The van der Waals surface area contributed by atoms with Crippen LogP contribution in [0.3, 0.4) is 0 Å². The van der Waals surface area contributed by atoms with Gasteiger partial charge in [0, 0.05) is 39.3 Å². The lowest BCUT2D eigenvalue weighted by Gasteiger charge is -2.33. The number of halogens is 1. The summed E-state index contributed by atoms with van der Waals surface area (Å²) in [5.74, 6) is -0.605. The minimum Gasteiger partial charge on any atom is -0.299 e. The zero-order valence-electron chi connectivity index (χ0n) is 13.5. The number of piperazine rings is 1. The summed E-state index contributed by atoms with van der Waals surface area (Å²) in [5.41, 5.74) is 0.519. The Bertz CT molecular complexity index is 743. The first kappa shape index (κ1) is 19.3. The number of rotatable bonds is 7. The molecule has 1 aromatic carbocycles. The zero-order valence-corrected chi connectivity index (χ0v) is 15.1. The Morgan fingerprint density at radius 1 is 1.04 bits per heavy atom. The minimum absolute atomic E-state index is 0.199. The molecular weight excluding hydrogens is 357 g/mol. The molecule has 0 saturated carbocycles. The van der Waals surface area contributed by atoms with Crippen LogP contribution in [0.5, 0.6) is 0 Å². The number of sulfonamides is 2. The number of hydrogen-bond acceptors (Lipinski definition) is 5. The summed E-state index contributed by atoms with van der Waals surface area (Å²) in [4.78, 5) is 2.02. The summed E-state index contributed by atoms with van der Waals surface area (Å²) in [6.07, 6.45) is 1.19. The Labute approximate surface area is 142 Å². The van der Waals surface area contributed by atoms with E-state index in [1.807, 2.05) is 4.90 Å². The molecule has 0 aliphatic carbocycles. The molecule has 24 heavy (non-hydrogen) atoms. The van der Waals surface area contributed by atoms with Crippen LogP contribution in [0.1, 0.15) is 5.56 Å². The van der Waals surface area contributed by atoms with E-state index in [4.69, 9.17) is 0 Å². The van der Waals surface area contributed by atoms with E-state index in [1.54, 1.807) is 0 Å². The molecule has 0 unspecified atom stereocenters. The third-order valence-corrected chi connectivity index (χ3v) is 6.48. The quantitative estimate of drug-likeness (QED) is 0.710. The van der Waals surface area contributed by atoms with E-state index >= 15 is 0 Å². The van der Waals surface area contributed by atoms with Crippen LogP contribution < -0.4 is 4.72 Å². The van der Waals surface area contributed by atoms with Crippen LogP contribution in [0.4, 0.5) is 4.39 Å². The predicted octanol–water partition coefficient (Wildman–Crippen LogP) is -0.178. The standard InChI is InChI=1S/C14H22FN3O4S2/c1-23(19,20)18-10-8-17(9-11-18)7-6-16-24(21,22)12-13-2-4-14(15)5-3-13/h2-5,16H,6-12H2,1H3. The van der Waals surface area contributed by atoms with Crippen molar-refractivity contribution in [2.75, 3.05) is 45.5 Å². The van der Waals surface area contributed by atoms with Crippen molar-refractivity contribution in [1.29, 1.82) is 0 Å². The Morgan fingerprint density at radius 2 is 1.62 bits per heavy atom. The molecule has 136 valence electrons. The normalized spacial score (nSPS) is 17.9. The molecule has 0 aromatic heterocycles. The molecule has 0 spiro atoms. The highest BCUT2D eigenvalue weighted by Gasteiger charge is 2.23. The molecule has 1 aliphatic heterocycles. The van der Waals surface area contributed by atoms with Gasteiger partial charge in [-0.1, -0.05) is 12.1 Å². The topological polar surface area (TPSA) is 86.8 Å². The Balaban J connectivity index is 1.74. The van der Waals surface area contributed by atoms with Gasteiger partial charge in [-0.15, -0.1) is 0 Å². The van der Waals surface area contributed by atoms with Gasteiger partial charge in [-0.25, -0.2) is 25.9 Å². The Kier molecular flexibility index (Phi) is 6.32. The lowest BCUT2D eigenvalue weighted by molar-refractivity contribution is 0.192. The molecule has 0 bridgehead atoms. The van der Waals surface area contributed by atoms with Crippen molar-refractivity contribution in [1.82, 2.24) is 13.9 Å². The van der Waals surface area contributed by atoms with Crippen LogP contribution in [0.25, 0.3) is 0 Å². The molecule has 1 N–H and O–H groups in total. The summed E-state index contributed by atoms with van der Waals surface area (Å²) in [6, 6.07) is 5.34. The third kappa shape index (κ3) is 6.10. The van der Waals surface area contributed by atoms with Crippen LogP contribution in [-0.4, -0.2) is 71.6 Å². The molecule has 0 atom stereocenters. The van der Waals surface area contributed by atoms with Gasteiger partial charge in [-0.05, 0) is 17.7 Å². The lowest BCUT2D eigenvalue weighted by Crippen LogP contribution is -2.49. The van der Waals surface area contributed by atoms with E-state index in [-0.39, 0.29) is 12.3 Å². The maximum absolute atomic E-state index is 12.8. The number of hydrogen-bond donors (Lipinski definition) is 1. The number of nitrogens with zero attached hydrogens (tertiary/aromatic N) is 2. The molecule has 0 amide bonds. The largest absolute Gasteiger partial charge is 0.299 e. The molecule has 0 radical (unpaired) electrons. The van der Waals surface area contributed by atoms with Gasteiger partial charge >= 0.3 is 0 Å². The van der Waals surface area contributed by atoms with E-state index in [1.165, 1.54) is 34.8 Å². The zero-order chi connectivity index (χ0) is 17.8. The van der Waals surface area contributed by atoms with Crippen LogP contribution in [0.2, 0.25) is 0 Å². The van der Waals surface area contributed by atoms with E-state index in [0.29, 0.717) is 38.3 Å². The summed E-state index contributed by atoms with van der Waals surface area (Å²) in [5, 5.41) is 0. The molecule has 1 heterocycles. The average molecular weight is 379 g/mol. The molecule has 10 heteroatoms. The van der Waals surface area contributed by atoms with Crippen molar-refractivity contribution >= 4 is 20.0 Å². The molecular formula is C14H22FN3O4S2. The fraction of sp³-hybridized carbons (Fsp3) is 0.571.